The van der Waals surface area contributed by atoms with E-state index in [1.165, 1.54) is 11.0 Å². The summed E-state index contributed by atoms with van der Waals surface area (Å²) in [6, 6.07) is 9.77. The van der Waals surface area contributed by atoms with E-state index in [1.54, 1.807) is 52.1 Å². The lowest BCUT2D eigenvalue weighted by Crippen LogP contribution is -2.38. The van der Waals surface area contributed by atoms with Gasteiger partial charge in [-0.05, 0) is 46.8 Å². The van der Waals surface area contributed by atoms with E-state index < -0.39 is 17.7 Å². The number of hydrogen-bond donors (Lipinski definition) is 0. The molecule has 1 aromatic heterocycles. The van der Waals surface area contributed by atoms with Crippen molar-refractivity contribution in [3.8, 4) is 0 Å². The Bertz CT molecular complexity index is 842. The number of ether oxygens (including phenoxy) is 2. The molecule has 1 unspecified atom stereocenters. The van der Waals surface area contributed by atoms with Gasteiger partial charge in [0.05, 0.1) is 24.9 Å². The number of carbonyl (C=O) groups is 1. The van der Waals surface area contributed by atoms with Gasteiger partial charge in [-0.1, -0.05) is 24.3 Å². The molecule has 5 nitrogen and oxygen atoms in total. The molecular weight excluding hydrogens is 359 g/mol. The fourth-order valence-corrected chi connectivity index (χ4v) is 2.94. The van der Waals surface area contributed by atoms with Gasteiger partial charge in [0.2, 0.25) is 0 Å². The number of aromatic nitrogens is 1. The van der Waals surface area contributed by atoms with Gasteiger partial charge in [-0.3, -0.25) is 9.88 Å². The summed E-state index contributed by atoms with van der Waals surface area (Å²) in [6.07, 6.45) is 1.26. The van der Waals surface area contributed by atoms with Gasteiger partial charge in [0.25, 0.3) is 0 Å². The minimum absolute atomic E-state index is 0.211. The molecule has 0 radical (unpaired) electrons. The Morgan fingerprint density at radius 2 is 2.00 bits per heavy atom. The lowest BCUT2D eigenvalue weighted by atomic mass is 10.0. The molecular formula is C22H27FN2O3. The van der Waals surface area contributed by atoms with E-state index in [1.807, 2.05) is 19.1 Å². The fourth-order valence-electron chi connectivity index (χ4n) is 2.94. The standard InChI is InChI=1S/C22H27FN2O3/c1-15(18-8-6-7-9-19(18)23)25(20(26)28-21(2,3)4)13-17-11-10-16(12-24-17)22(5)14-27-22/h6-12,15H,13-14H2,1-5H3/t15-,22?/m1/s1. The van der Waals surface area contributed by atoms with Crippen LogP contribution < -0.4 is 0 Å². The largest absolute Gasteiger partial charge is 0.444 e. The molecule has 0 aliphatic carbocycles. The molecule has 0 saturated carbocycles. The van der Waals surface area contributed by atoms with Crippen molar-refractivity contribution in [3.63, 3.8) is 0 Å². The molecule has 1 amide bonds. The Kier molecular flexibility index (Phi) is 5.44. The first-order valence-electron chi connectivity index (χ1n) is 9.42. The third-order valence-corrected chi connectivity index (χ3v) is 4.80. The van der Waals surface area contributed by atoms with Crippen molar-refractivity contribution in [2.45, 2.75) is 58.4 Å². The zero-order chi connectivity index (χ0) is 20.5. The van der Waals surface area contributed by atoms with Gasteiger partial charge in [0.15, 0.2) is 0 Å². The van der Waals surface area contributed by atoms with Crippen molar-refractivity contribution in [3.05, 3.63) is 65.2 Å². The van der Waals surface area contributed by atoms with E-state index in [-0.39, 0.29) is 18.0 Å². The van der Waals surface area contributed by atoms with Crippen LogP contribution in [0.2, 0.25) is 0 Å². The molecule has 1 aliphatic rings. The highest BCUT2D eigenvalue weighted by molar-refractivity contribution is 5.69. The summed E-state index contributed by atoms with van der Waals surface area (Å²) in [7, 11) is 0. The van der Waals surface area contributed by atoms with Gasteiger partial charge >= 0.3 is 6.09 Å². The van der Waals surface area contributed by atoms with Crippen LogP contribution in [0.3, 0.4) is 0 Å². The SMILES string of the molecule is C[C@H](c1ccccc1F)N(Cc1ccc(C2(C)CO2)cn1)C(=O)OC(C)(C)C. The summed E-state index contributed by atoms with van der Waals surface area (Å²) >= 11 is 0. The Morgan fingerprint density at radius 3 is 2.54 bits per heavy atom. The molecule has 1 fully saturated rings. The van der Waals surface area contributed by atoms with Crippen molar-refractivity contribution >= 4 is 6.09 Å². The molecule has 3 rings (SSSR count). The second kappa shape index (κ2) is 7.51. The zero-order valence-electron chi connectivity index (χ0n) is 17.0. The van der Waals surface area contributed by atoms with Gasteiger partial charge in [0.1, 0.15) is 17.0 Å². The first-order valence-corrected chi connectivity index (χ1v) is 9.42. The van der Waals surface area contributed by atoms with Gasteiger partial charge < -0.3 is 9.47 Å². The van der Waals surface area contributed by atoms with Crippen LogP contribution in [0.25, 0.3) is 0 Å². The lowest BCUT2D eigenvalue weighted by molar-refractivity contribution is 0.0147. The molecule has 1 saturated heterocycles. The van der Waals surface area contributed by atoms with E-state index in [0.29, 0.717) is 17.9 Å². The Labute approximate surface area is 165 Å². The quantitative estimate of drug-likeness (QED) is 0.681. The summed E-state index contributed by atoms with van der Waals surface area (Å²) in [4.78, 5) is 18.8. The Hall–Kier alpha value is -2.47. The summed E-state index contributed by atoms with van der Waals surface area (Å²) in [5.41, 5.74) is 1.23. The number of benzene rings is 1. The molecule has 6 heteroatoms. The highest BCUT2D eigenvalue weighted by Gasteiger charge is 2.41. The summed E-state index contributed by atoms with van der Waals surface area (Å²) in [5, 5.41) is 0. The van der Waals surface area contributed by atoms with Gasteiger partial charge in [0, 0.05) is 17.3 Å². The molecule has 0 spiro atoms. The molecule has 150 valence electrons. The number of carbonyl (C=O) groups excluding carboxylic acids is 1. The molecule has 0 bridgehead atoms. The van der Waals surface area contributed by atoms with Crippen molar-refractivity contribution in [1.29, 1.82) is 0 Å². The fraction of sp³-hybridized carbons (Fsp3) is 0.455. The van der Waals surface area contributed by atoms with Crippen LogP contribution in [-0.4, -0.2) is 28.2 Å². The molecule has 1 aliphatic heterocycles. The smallest absolute Gasteiger partial charge is 0.411 e. The number of pyridine rings is 1. The van der Waals surface area contributed by atoms with Crippen LogP contribution in [-0.2, 0) is 21.6 Å². The maximum atomic E-state index is 14.3. The van der Waals surface area contributed by atoms with Crippen LogP contribution in [0.5, 0.6) is 0 Å². The highest BCUT2D eigenvalue weighted by atomic mass is 19.1. The summed E-state index contributed by atoms with van der Waals surface area (Å²) < 4.78 is 25.3. The predicted molar refractivity (Wildman–Crippen MR) is 104 cm³/mol. The predicted octanol–water partition coefficient (Wildman–Crippen LogP) is 4.96. The maximum Gasteiger partial charge on any atom is 0.411 e. The highest BCUT2D eigenvalue weighted by Crippen LogP contribution is 2.37. The molecule has 1 aromatic carbocycles. The van der Waals surface area contributed by atoms with E-state index in [9.17, 15) is 9.18 Å². The third kappa shape index (κ3) is 4.68. The second-order valence-corrected chi connectivity index (χ2v) is 8.36. The minimum Gasteiger partial charge on any atom is -0.444 e. The number of hydrogen-bond acceptors (Lipinski definition) is 4. The second-order valence-electron chi connectivity index (χ2n) is 8.36. The molecule has 2 heterocycles. The van der Waals surface area contributed by atoms with Crippen LogP contribution in [0.4, 0.5) is 9.18 Å². The Morgan fingerprint density at radius 1 is 1.32 bits per heavy atom. The van der Waals surface area contributed by atoms with Gasteiger partial charge in [-0.25, -0.2) is 9.18 Å². The minimum atomic E-state index is -0.653. The number of rotatable bonds is 5. The number of epoxide rings is 1. The lowest BCUT2D eigenvalue weighted by Gasteiger charge is -2.32. The van der Waals surface area contributed by atoms with Crippen molar-refractivity contribution in [2.75, 3.05) is 6.61 Å². The summed E-state index contributed by atoms with van der Waals surface area (Å²) in [6.45, 7) is 10.1. The van der Waals surface area contributed by atoms with E-state index >= 15 is 0 Å². The summed E-state index contributed by atoms with van der Waals surface area (Å²) in [5.74, 6) is -0.356. The van der Waals surface area contributed by atoms with Crippen LogP contribution in [0.15, 0.2) is 42.6 Å². The molecule has 2 atom stereocenters. The van der Waals surface area contributed by atoms with E-state index in [2.05, 4.69) is 4.98 Å². The maximum absolute atomic E-state index is 14.3. The van der Waals surface area contributed by atoms with E-state index in [4.69, 9.17) is 9.47 Å². The Balaban J connectivity index is 1.85. The average molecular weight is 386 g/mol. The number of halogens is 1. The topological polar surface area (TPSA) is 55.0 Å². The first kappa shape index (κ1) is 20.3. The van der Waals surface area contributed by atoms with Crippen molar-refractivity contribution < 1.29 is 18.7 Å². The zero-order valence-corrected chi connectivity index (χ0v) is 17.0. The van der Waals surface area contributed by atoms with E-state index in [0.717, 1.165) is 5.56 Å². The first-order chi connectivity index (χ1) is 13.1. The molecule has 0 N–H and O–H groups in total. The average Bonchev–Trinajstić information content (AvgIpc) is 3.37. The number of amides is 1. The molecule has 2 aromatic rings. The van der Waals surface area contributed by atoms with Crippen molar-refractivity contribution in [2.24, 2.45) is 0 Å². The monoisotopic (exact) mass is 386 g/mol. The van der Waals surface area contributed by atoms with Crippen molar-refractivity contribution in [1.82, 2.24) is 9.88 Å². The normalized spacial score (nSPS) is 19.8. The molecule has 28 heavy (non-hydrogen) atoms. The van der Waals surface area contributed by atoms with Gasteiger partial charge in [-0.2, -0.15) is 0 Å². The third-order valence-electron chi connectivity index (χ3n) is 4.80. The van der Waals surface area contributed by atoms with Crippen LogP contribution in [0.1, 0.15) is 57.5 Å². The van der Waals surface area contributed by atoms with Crippen LogP contribution in [0, 0.1) is 5.82 Å². The van der Waals surface area contributed by atoms with Crippen LogP contribution >= 0.6 is 0 Å². The van der Waals surface area contributed by atoms with Gasteiger partial charge in [-0.15, -0.1) is 0 Å². The number of nitrogens with zero attached hydrogens (tertiary/aromatic N) is 2.